The molecule has 0 aliphatic heterocycles. The van der Waals surface area contributed by atoms with Crippen LogP contribution in [-0.4, -0.2) is 43.7 Å². The second kappa shape index (κ2) is 13.3. The van der Waals surface area contributed by atoms with Gasteiger partial charge in [0.25, 0.3) is 6.09 Å². The molecule has 2 amide bonds. The normalized spacial score (nSPS) is 11.4. The number of carbonyl (C=O) groups is 2. The summed E-state index contributed by atoms with van der Waals surface area (Å²) < 4.78 is -0.172. The van der Waals surface area contributed by atoms with Crippen LogP contribution < -0.4 is 10.4 Å². The third kappa shape index (κ3) is 13.1. The summed E-state index contributed by atoms with van der Waals surface area (Å²) in [7, 11) is 3.19. The highest BCUT2D eigenvalue weighted by Gasteiger charge is 2.16. The van der Waals surface area contributed by atoms with Crippen molar-refractivity contribution in [1.82, 2.24) is 5.32 Å². The van der Waals surface area contributed by atoms with Gasteiger partial charge in [-0.1, -0.05) is 58.3 Å². The second-order valence-corrected chi connectivity index (χ2v) is 6.96. The van der Waals surface area contributed by atoms with Crippen molar-refractivity contribution in [2.75, 3.05) is 27.2 Å². The summed E-state index contributed by atoms with van der Waals surface area (Å²) in [5.74, 6) is 0.0756. The molecular formula is C18H36N2O3. The average molecular weight is 328 g/mol. The fourth-order valence-corrected chi connectivity index (χ4v) is 2.48. The zero-order valence-electron chi connectivity index (χ0n) is 15.4. The van der Waals surface area contributed by atoms with Crippen LogP contribution >= 0.6 is 0 Å². The molecule has 0 rings (SSSR count). The Morgan fingerprint density at radius 2 is 1.39 bits per heavy atom. The molecule has 0 radical (unpaired) electrons. The van der Waals surface area contributed by atoms with Gasteiger partial charge in [0, 0.05) is 19.4 Å². The van der Waals surface area contributed by atoms with Gasteiger partial charge in [-0.15, -0.1) is 0 Å². The standard InChI is InChI=1S/C18H36N2O3/c1-4-5-6-7-8-9-10-11-12-14-17(21)19-15-13-16-20(2,3)18(22)23/h4-16H2,1-3H3,(H-,19,21,22,23). The highest BCUT2D eigenvalue weighted by Crippen LogP contribution is 2.10. The Balaban J connectivity index is 3.39. The van der Waals surface area contributed by atoms with Crippen LogP contribution in [-0.2, 0) is 4.79 Å². The van der Waals surface area contributed by atoms with Gasteiger partial charge in [0.2, 0.25) is 5.91 Å². The van der Waals surface area contributed by atoms with Crippen molar-refractivity contribution in [1.29, 1.82) is 0 Å². The molecule has 0 aromatic rings. The van der Waals surface area contributed by atoms with Gasteiger partial charge in [-0.25, -0.2) is 0 Å². The minimum atomic E-state index is -1.09. The molecule has 0 aromatic carbocycles. The number of nitrogens with one attached hydrogen (secondary N) is 1. The van der Waals surface area contributed by atoms with Crippen molar-refractivity contribution in [3.05, 3.63) is 0 Å². The first-order valence-corrected chi connectivity index (χ1v) is 9.21. The predicted molar refractivity (Wildman–Crippen MR) is 91.8 cm³/mol. The molecule has 5 nitrogen and oxygen atoms in total. The van der Waals surface area contributed by atoms with Crippen molar-refractivity contribution >= 4 is 12.0 Å². The van der Waals surface area contributed by atoms with Crippen LogP contribution in [0.3, 0.4) is 0 Å². The molecule has 0 fully saturated rings. The molecule has 0 unspecified atom stereocenters. The minimum Gasteiger partial charge on any atom is -0.498 e. The van der Waals surface area contributed by atoms with Crippen molar-refractivity contribution in [3.8, 4) is 0 Å². The number of amides is 2. The summed E-state index contributed by atoms with van der Waals surface area (Å²) in [4.78, 5) is 22.5. The van der Waals surface area contributed by atoms with E-state index < -0.39 is 6.09 Å². The van der Waals surface area contributed by atoms with Crippen LogP contribution in [0.1, 0.15) is 77.6 Å². The van der Waals surface area contributed by atoms with E-state index in [9.17, 15) is 14.7 Å². The molecule has 23 heavy (non-hydrogen) atoms. The van der Waals surface area contributed by atoms with Crippen molar-refractivity contribution in [2.24, 2.45) is 0 Å². The van der Waals surface area contributed by atoms with Gasteiger partial charge >= 0.3 is 0 Å². The molecule has 0 heterocycles. The molecule has 0 spiro atoms. The summed E-state index contributed by atoms with van der Waals surface area (Å²) in [6.45, 7) is 3.22. The maximum atomic E-state index is 11.7. The molecular weight excluding hydrogens is 292 g/mol. The van der Waals surface area contributed by atoms with Gasteiger partial charge in [-0.05, 0) is 6.42 Å². The number of carboxylic acid groups (broad SMARTS) is 1. The number of rotatable bonds is 14. The SMILES string of the molecule is CCCCCCCCCCCC(=O)NCCC[N+](C)(C)C(=O)[O-]. The summed E-state index contributed by atoms with van der Waals surface area (Å²) in [5, 5.41) is 13.7. The zero-order valence-corrected chi connectivity index (χ0v) is 15.4. The molecule has 0 saturated carbocycles. The molecule has 0 aliphatic rings. The fraction of sp³-hybridized carbons (Fsp3) is 0.889. The Morgan fingerprint density at radius 1 is 0.870 bits per heavy atom. The van der Waals surface area contributed by atoms with Crippen molar-refractivity contribution < 1.29 is 19.2 Å². The molecule has 136 valence electrons. The zero-order chi connectivity index (χ0) is 17.6. The van der Waals surface area contributed by atoms with E-state index in [2.05, 4.69) is 12.2 Å². The minimum absolute atomic E-state index is 0.0756. The quantitative estimate of drug-likeness (QED) is 0.394. The highest BCUT2D eigenvalue weighted by atomic mass is 16.4. The molecule has 0 aliphatic carbocycles. The molecule has 1 N–H and O–H groups in total. The third-order valence-corrected chi connectivity index (χ3v) is 4.22. The van der Waals surface area contributed by atoms with Crippen LogP contribution in [0.5, 0.6) is 0 Å². The van der Waals surface area contributed by atoms with Crippen LogP contribution in [0.2, 0.25) is 0 Å². The Kier molecular flexibility index (Phi) is 12.7. The lowest BCUT2D eigenvalue weighted by Gasteiger charge is -2.28. The molecule has 0 aromatic heterocycles. The summed E-state index contributed by atoms with van der Waals surface area (Å²) in [5.41, 5.74) is 0. The van der Waals surface area contributed by atoms with E-state index in [1.165, 1.54) is 44.9 Å². The van der Waals surface area contributed by atoms with E-state index in [1.54, 1.807) is 14.1 Å². The van der Waals surface area contributed by atoms with Gasteiger partial charge in [0.15, 0.2) is 0 Å². The average Bonchev–Trinajstić information content (AvgIpc) is 2.50. The molecule has 5 heteroatoms. The van der Waals surface area contributed by atoms with Crippen LogP contribution in [0.4, 0.5) is 4.79 Å². The highest BCUT2D eigenvalue weighted by molar-refractivity contribution is 5.75. The third-order valence-electron chi connectivity index (χ3n) is 4.22. The van der Waals surface area contributed by atoms with E-state index >= 15 is 0 Å². The largest absolute Gasteiger partial charge is 0.498 e. The Bertz CT molecular complexity index is 330. The summed E-state index contributed by atoms with van der Waals surface area (Å²) >= 11 is 0. The van der Waals surface area contributed by atoms with Gasteiger partial charge in [-0.2, -0.15) is 0 Å². The lowest BCUT2D eigenvalue weighted by Crippen LogP contribution is -2.53. The van der Waals surface area contributed by atoms with E-state index in [0.717, 1.165) is 12.8 Å². The van der Waals surface area contributed by atoms with Gasteiger partial charge in [0.05, 0.1) is 20.6 Å². The fourth-order valence-electron chi connectivity index (χ4n) is 2.48. The number of carbonyl (C=O) groups excluding carboxylic acids is 2. The topological polar surface area (TPSA) is 69.2 Å². The number of unbranched alkanes of at least 4 members (excludes halogenated alkanes) is 8. The first kappa shape index (κ1) is 21.9. The number of quaternary nitrogens is 1. The molecule has 0 atom stereocenters. The van der Waals surface area contributed by atoms with Gasteiger partial charge in [-0.3, -0.25) is 9.28 Å². The van der Waals surface area contributed by atoms with E-state index in [1.807, 2.05) is 0 Å². The first-order valence-electron chi connectivity index (χ1n) is 9.21. The lowest BCUT2D eigenvalue weighted by atomic mass is 10.1. The van der Waals surface area contributed by atoms with Crippen LogP contribution in [0.25, 0.3) is 0 Å². The van der Waals surface area contributed by atoms with Crippen LogP contribution in [0, 0.1) is 0 Å². The van der Waals surface area contributed by atoms with Crippen LogP contribution in [0.15, 0.2) is 0 Å². The maximum Gasteiger partial charge on any atom is 0.256 e. The van der Waals surface area contributed by atoms with E-state index in [-0.39, 0.29) is 10.4 Å². The lowest BCUT2D eigenvalue weighted by molar-refractivity contribution is -0.838. The number of hydrogen-bond donors (Lipinski definition) is 1. The predicted octanol–water partition coefficient (Wildman–Crippen LogP) is 2.83. The maximum absolute atomic E-state index is 11.7. The summed E-state index contributed by atoms with van der Waals surface area (Å²) in [6, 6.07) is 0. The smallest absolute Gasteiger partial charge is 0.256 e. The Labute approximate surface area is 142 Å². The molecule has 0 saturated heterocycles. The Morgan fingerprint density at radius 3 is 1.91 bits per heavy atom. The number of nitrogens with zero attached hydrogens (tertiary/aromatic N) is 1. The monoisotopic (exact) mass is 328 g/mol. The van der Waals surface area contributed by atoms with Crippen molar-refractivity contribution in [2.45, 2.75) is 77.6 Å². The molecule has 0 bridgehead atoms. The first-order chi connectivity index (χ1) is 10.9. The second-order valence-electron chi connectivity index (χ2n) is 6.96. The number of hydrogen-bond acceptors (Lipinski definition) is 3. The van der Waals surface area contributed by atoms with E-state index in [4.69, 9.17) is 0 Å². The van der Waals surface area contributed by atoms with Gasteiger partial charge < -0.3 is 15.2 Å². The van der Waals surface area contributed by atoms with Crippen molar-refractivity contribution in [3.63, 3.8) is 0 Å². The van der Waals surface area contributed by atoms with Gasteiger partial charge in [0.1, 0.15) is 0 Å². The summed E-state index contributed by atoms with van der Waals surface area (Å²) in [6.07, 6.45) is 11.3. The Hall–Kier alpha value is -1.10. The van der Waals surface area contributed by atoms with E-state index in [0.29, 0.717) is 25.9 Å².